The van der Waals surface area contributed by atoms with Gasteiger partial charge in [0.25, 0.3) is 0 Å². The number of carbonyl (C=O) groups excluding carboxylic acids is 1. The normalized spacial score (nSPS) is 22.5. The minimum Gasteiger partial charge on any atom is -0.444 e. The van der Waals surface area contributed by atoms with Crippen molar-refractivity contribution in [2.45, 2.75) is 65.0 Å². The van der Waals surface area contributed by atoms with E-state index in [1.807, 2.05) is 25.7 Å². The molecule has 0 bridgehead atoms. The van der Waals surface area contributed by atoms with Crippen molar-refractivity contribution in [1.82, 2.24) is 19.8 Å². The lowest BCUT2D eigenvalue weighted by Crippen LogP contribution is -2.61. The molecule has 1 amide bonds. The van der Waals surface area contributed by atoms with Crippen molar-refractivity contribution in [3.63, 3.8) is 0 Å². The predicted octanol–water partition coefficient (Wildman–Crippen LogP) is 2.35. The maximum absolute atomic E-state index is 12.5. The van der Waals surface area contributed by atoms with E-state index in [4.69, 9.17) is 25.2 Å². The summed E-state index contributed by atoms with van der Waals surface area (Å²) in [5, 5.41) is 12.6. The Morgan fingerprint density at radius 3 is 2.56 bits per heavy atom. The van der Waals surface area contributed by atoms with Gasteiger partial charge in [-0.2, -0.15) is 4.98 Å². The van der Waals surface area contributed by atoms with Gasteiger partial charge in [0.05, 0.1) is 0 Å². The second-order valence-corrected chi connectivity index (χ2v) is 12.3. The van der Waals surface area contributed by atoms with Gasteiger partial charge < -0.3 is 40.0 Å². The number of carbonyl (C=O) groups is 1. The van der Waals surface area contributed by atoms with Gasteiger partial charge in [0, 0.05) is 77.1 Å². The predicted molar refractivity (Wildman–Crippen MR) is 151 cm³/mol. The summed E-state index contributed by atoms with van der Waals surface area (Å²) < 4.78 is 10.8. The van der Waals surface area contributed by atoms with E-state index in [9.17, 15) is 10.0 Å². The van der Waals surface area contributed by atoms with Crippen molar-refractivity contribution < 1.29 is 19.5 Å². The van der Waals surface area contributed by atoms with Crippen LogP contribution in [0.4, 0.5) is 16.6 Å². The summed E-state index contributed by atoms with van der Waals surface area (Å²) in [4.78, 5) is 30.9. The number of nitrogens with zero attached hydrogens (tertiary/aromatic N) is 7. The largest absolute Gasteiger partial charge is 0.444 e. The lowest BCUT2D eigenvalue weighted by atomic mass is 9.72. The van der Waals surface area contributed by atoms with E-state index in [2.05, 4.69) is 26.8 Å². The number of nitrogens with two attached hydrogens (primary N) is 1. The van der Waals surface area contributed by atoms with Crippen molar-refractivity contribution in [3.05, 3.63) is 11.8 Å². The van der Waals surface area contributed by atoms with Gasteiger partial charge >= 0.3 is 6.09 Å². The van der Waals surface area contributed by atoms with Gasteiger partial charge in [-0.05, 0) is 59.9 Å². The number of oxime groups is 1. The van der Waals surface area contributed by atoms with Crippen LogP contribution < -0.4 is 15.5 Å². The average Bonchev–Trinajstić information content (AvgIpc) is 3.06. The molecule has 0 radical (unpaired) electrons. The first-order valence-corrected chi connectivity index (χ1v) is 14.1. The first kappa shape index (κ1) is 29.1. The number of hydrogen-bond donors (Lipinski definition) is 2. The van der Waals surface area contributed by atoms with Crippen LogP contribution in [0.5, 0.6) is 0 Å². The van der Waals surface area contributed by atoms with Crippen LogP contribution >= 0.6 is 0 Å². The summed E-state index contributed by atoms with van der Waals surface area (Å²) in [6.07, 6.45) is 3.63. The van der Waals surface area contributed by atoms with E-state index in [1.165, 1.54) is 0 Å². The summed E-state index contributed by atoms with van der Waals surface area (Å²) in [5.74, 6) is 1.38. The van der Waals surface area contributed by atoms with Crippen LogP contribution in [0.25, 0.3) is 0 Å². The molecule has 1 spiro atoms. The SMILES string of the molecule is COCCCN1CCCN(c2nc(/C(N)=N\O)cc(N3CC4(CCN(C(=O)OC(C)(C)C)CC4)C3)n2)[C@@H](C)C1. The number of likely N-dealkylation sites (tertiary alicyclic amines) is 1. The maximum Gasteiger partial charge on any atom is 0.410 e. The van der Waals surface area contributed by atoms with Crippen molar-refractivity contribution >= 4 is 23.7 Å². The number of piperidine rings is 1. The van der Waals surface area contributed by atoms with Crippen molar-refractivity contribution in [1.29, 1.82) is 0 Å². The molecule has 0 aliphatic carbocycles. The minimum atomic E-state index is -0.491. The summed E-state index contributed by atoms with van der Waals surface area (Å²) in [6, 6.07) is 2.02. The fourth-order valence-electron chi connectivity index (χ4n) is 5.81. The van der Waals surface area contributed by atoms with Crippen LogP contribution in [0.2, 0.25) is 0 Å². The van der Waals surface area contributed by atoms with E-state index < -0.39 is 5.60 Å². The molecule has 3 aliphatic heterocycles. The van der Waals surface area contributed by atoms with Gasteiger partial charge in [-0.3, -0.25) is 0 Å². The van der Waals surface area contributed by atoms with Crippen molar-refractivity contribution in [2.75, 3.05) is 75.9 Å². The molecule has 4 heterocycles. The Hall–Kier alpha value is -2.86. The molecule has 39 heavy (non-hydrogen) atoms. The molecule has 0 unspecified atom stereocenters. The highest BCUT2D eigenvalue weighted by molar-refractivity contribution is 5.96. The Balaban J connectivity index is 1.43. The Kier molecular flexibility index (Phi) is 9.05. The molecule has 3 aliphatic rings. The maximum atomic E-state index is 12.5. The van der Waals surface area contributed by atoms with E-state index >= 15 is 0 Å². The minimum absolute atomic E-state index is 0.0236. The Bertz CT molecular complexity index is 1010. The number of methoxy groups -OCH3 is 1. The molecule has 1 aromatic rings. The fourth-order valence-corrected chi connectivity index (χ4v) is 5.81. The standard InChI is InChI=1S/C27H46N8O4/c1-20-17-32(11-7-15-38-5)10-6-12-35(20)24-29-21(23(28)31-37)16-22(30-24)34-18-27(19-34)8-13-33(14-9-27)25(36)39-26(2,3)4/h16,20,37H,6-15,17-19H2,1-5H3,(H2,28,31)/t20-/m0/s1. The molecule has 12 nitrogen and oxygen atoms in total. The number of hydrogen-bond acceptors (Lipinski definition) is 10. The summed E-state index contributed by atoms with van der Waals surface area (Å²) >= 11 is 0. The topological polar surface area (TPSA) is 133 Å². The first-order chi connectivity index (χ1) is 18.5. The van der Waals surface area contributed by atoms with E-state index in [0.29, 0.717) is 24.7 Å². The average molecular weight is 547 g/mol. The third-order valence-electron chi connectivity index (χ3n) is 7.93. The van der Waals surface area contributed by atoms with E-state index in [-0.39, 0.29) is 23.4 Å². The smallest absolute Gasteiger partial charge is 0.410 e. The molecule has 0 aromatic carbocycles. The Morgan fingerprint density at radius 1 is 1.21 bits per heavy atom. The van der Waals surface area contributed by atoms with Gasteiger partial charge in [0.2, 0.25) is 5.95 Å². The van der Waals surface area contributed by atoms with Crippen molar-refractivity contribution in [3.8, 4) is 0 Å². The Morgan fingerprint density at radius 2 is 1.92 bits per heavy atom. The molecule has 1 aromatic heterocycles. The highest BCUT2D eigenvalue weighted by Crippen LogP contribution is 2.42. The number of rotatable bonds is 7. The number of aromatic nitrogens is 2. The second-order valence-electron chi connectivity index (χ2n) is 12.3. The molecule has 218 valence electrons. The van der Waals surface area contributed by atoms with Gasteiger partial charge in [-0.15, -0.1) is 0 Å². The zero-order chi connectivity index (χ0) is 28.2. The van der Waals surface area contributed by atoms with Crippen LogP contribution in [-0.4, -0.2) is 115 Å². The van der Waals surface area contributed by atoms with E-state index in [0.717, 1.165) is 77.4 Å². The summed E-state index contributed by atoms with van der Waals surface area (Å²) in [7, 11) is 1.74. The molecular formula is C27H46N8O4. The highest BCUT2D eigenvalue weighted by atomic mass is 16.6. The summed E-state index contributed by atoms with van der Waals surface area (Å²) in [6.45, 7) is 15.5. The highest BCUT2D eigenvalue weighted by Gasteiger charge is 2.46. The van der Waals surface area contributed by atoms with Gasteiger partial charge in [-0.1, -0.05) is 5.16 Å². The molecule has 4 rings (SSSR count). The van der Waals surface area contributed by atoms with Crippen molar-refractivity contribution in [2.24, 2.45) is 16.3 Å². The fraction of sp³-hybridized carbons (Fsp3) is 0.778. The van der Waals surface area contributed by atoms with Crippen LogP contribution in [-0.2, 0) is 9.47 Å². The second kappa shape index (κ2) is 12.1. The van der Waals surface area contributed by atoms with Crippen LogP contribution in [0.3, 0.4) is 0 Å². The Labute approximate surface area is 232 Å². The molecule has 1 atom stereocenters. The number of amides is 1. The molecule has 3 saturated heterocycles. The monoisotopic (exact) mass is 546 g/mol. The van der Waals surface area contributed by atoms with Gasteiger partial charge in [0.1, 0.15) is 17.1 Å². The molecule has 3 N–H and O–H groups in total. The zero-order valence-electron chi connectivity index (χ0n) is 24.2. The first-order valence-electron chi connectivity index (χ1n) is 14.1. The molecular weight excluding hydrogens is 500 g/mol. The zero-order valence-corrected chi connectivity index (χ0v) is 24.2. The molecule has 0 saturated carbocycles. The molecule has 3 fully saturated rings. The van der Waals surface area contributed by atoms with E-state index in [1.54, 1.807) is 13.2 Å². The number of ether oxygens (including phenoxy) is 2. The molecule has 12 heteroatoms. The lowest BCUT2D eigenvalue weighted by molar-refractivity contribution is 0.00589. The quantitative estimate of drug-likeness (QED) is 0.173. The van der Waals surface area contributed by atoms with Crippen LogP contribution in [0.1, 0.15) is 59.1 Å². The van der Waals surface area contributed by atoms with Crippen LogP contribution in [0.15, 0.2) is 11.2 Å². The van der Waals surface area contributed by atoms with Gasteiger partial charge in [0.15, 0.2) is 5.84 Å². The number of amidine groups is 1. The van der Waals surface area contributed by atoms with Gasteiger partial charge in [-0.25, -0.2) is 9.78 Å². The lowest BCUT2D eigenvalue weighted by Gasteiger charge is -2.54. The third-order valence-corrected chi connectivity index (χ3v) is 7.93. The third kappa shape index (κ3) is 7.21. The van der Waals surface area contributed by atoms with Crippen LogP contribution in [0, 0.1) is 5.41 Å². The summed E-state index contributed by atoms with van der Waals surface area (Å²) in [5.41, 5.74) is 6.09. The number of anilines is 2.